The van der Waals surface area contributed by atoms with Crippen molar-refractivity contribution in [2.75, 3.05) is 13.2 Å². The Morgan fingerprint density at radius 2 is 0.950 bits per heavy atom. The van der Waals surface area contributed by atoms with Crippen LogP contribution in [0.15, 0.2) is 60.7 Å². The molecule has 0 aliphatic carbocycles. The standard InChI is InChI=1S/C32H38O8/c1-3-5-7-9-19-37-29-21-28(32(36)40-26-17-13-24(34)14-18-26)30(38-20-10-8-6-4-2)22-27(29)31(35)39-25-15-11-23(33)12-16-25/h11-18,21-22,33-34H,3-10,19-20H2,1-2H3. The lowest BCUT2D eigenvalue weighted by atomic mass is 10.1. The van der Waals surface area contributed by atoms with Gasteiger partial charge < -0.3 is 29.2 Å². The molecule has 0 saturated heterocycles. The van der Waals surface area contributed by atoms with E-state index >= 15 is 0 Å². The van der Waals surface area contributed by atoms with Gasteiger partial charge in [-0.2, -0.15) is 0 Å². The van der Waals surface area contributed by atoms with Crippen LogP contribution in [0.4, 0.5) is 0 Å². The first-order valence-electron chi connectivity index (χ1n) is 13.9. The van der Waals surface area contributed by atoms with Gasteiger partial charge >= 0.3 is 11.9 Å². The second kappa shape index (κ2) is 16.0. The van der Waals surface area contributed by atoms with E-state index in [1.54, 1.807) is 0 Å². The molecule has 0 heterocycles. The Hall–Kier alpha value is -4.20. The molecule has 0 atom stereocenters. The van der Waals surface area contributed by atoms with E-state index in [4.69, 9.17) is 18.9 Å². The van der Waals surface area contributed by atoms with E-state index in [2.05, 4.69) is 13.8 Å². The summed E-state index contributed by atoms with van der Waals surface area (Å²) in [6.45, 7) is 4.93. The van der Waals surface area contributed by atoms with Crippen molar-refractivity contribution in [2.24, 2.45) is 0 Å². The number of benzene rings is 3. The molecule has 3 rings (SSSR count). The molecule has 0 radical (unpaired) electrons. The largest absolute Gasteiger partial charge is 0.508 e. The molecular formula is C32H38O8. The lowest BCUT2D eigenvalue weighted by Gasteiger charge is -2.17. The van der Waals surface area contributed by atoms with Crippen molar-refractivity contribution in [1.82, 2.24) is 0 Å². The number of hydrogen-bond acceptors (Lipinski definition) is 8. The van der Waals surface area contributed by atoms with Gasteiger partial charge in [-0.15, -0.1) is 0 Å². The van der Waals surface area contributed by atoms with Crippen LogP contribution in [0.25, 0.3) is 0 Å². The Kier molecular flexibility index (Phi) is 12.2. The van der Waals surface area contributed by atoms with Crippen molar-refractivity contribution in [3.05, 3.63) is 71.8 Å². The van der Waals surface area contributed by atoms with E-state index in [-0.39, 0.29) is 45.6 Å². The highest BCUT2D eigenvalue weighted by atomic mass is 16.5. The minimum absolute atomic E-state index is 0.0474. The van der Waals surface area contributed by atoms with E-state index in [1.807, 2.05) is 0 Å². The van der Waals surface area contributed by atoms with Crippen LogP contribution < -0.4 is 18.9 Å². The molecule has 0 unspecified atom stereocenters. The maximum atomic E-state index is 13.3. The van der Waals surface area contributed by atoms with Gasteiger partial charge in [-0.3, -0.25) is 0 Å². The number of carbonyl (C=O) groups excluding carboxylic acids is 2. The third-order valence-corrected chi connectivity index (χ3v) is 6.13. The summed E-state index contributed by atoms with van der Waals surface area (Å²) in [5.41, 5.74) is 0.210. The van der Waals surface area contributed by atoms with Crippen molar-refractivity contribution in [2.45, 2.75) is 65.2 Å². The maximum absolute atomic E-state index is 13.3. The lowest BCUT2D eigenvalue weighted by Crippen LogP contribution is -2.16. The van der Waals surface area contributed by atoms with Crippen LogP contribution in [0.3, 0.4) is 0 Å². The van der Waals surface area contributed by atoms with Gasteiger partial charge in [0, 0.05) is 0 Å². The van der Waals surface area contributed by atoms with Crippen molar-refractivity contribution < 1.29 is 38.7 Å². The van der Waals surface area contributed by atoms with Gasteiger partial charge in [0.1, 0.15) is 45.6 Å². The van der Waals surface area contributed by atoms with Crippen molar-refractivity contribution in [3.63, 3.8) is 0 Å². The van der Waals surface area contributed by atoms with Gasteiger partial charge in [0.2, 0.25) is 0 Å². The molecule has 0 fully saturated rings. The van der Waals surface area contributed by atoms with Gasteiger partial charge in [-0.1, -0.05) is 52.4 Å². The summed E-state index contributed by atoms with van der Waals surface area (Å²) in [6.07, 6.45) is 7.77. The van der Waals surface area contributed by atoms with Crippen molar-refractivity contribution >= 4 is 11.9 Å². The fourth-order valence-electron chi connectivity index (χ4n) is 3.89. The Morgan fingerprint density at radius 3 is 1.30 bits per heavy atom. The van der Waals surface area contributed by atoms with Gasteiger partial charge in [-0.05, 0) is 73.5 Å². The number of phenolic OH excluding ortho intramolecular Hbond substituents is 2. The molecule has 0 aliphatic heterocycles. The highest BCUT2D eigenvalue weighted by Crippen LogP contribution is 2.32. The predicted octanol–water partition coefficient (Wildman–Crippen LogP) is 7.45. The molecule has 40 heavy (non-hydrogen) atoms. The summed E-state index contributed by atoms with van der Waals surface area (Å²) in [7, 11) is 0. The number of phenols is 2. The maximum Gasteiger partial charge on any atom is 0.347 e. The number of unbranched alkanes of at least 4 members (excludes halogenated alkanes) is 6. The van der Waals surface area contributed by atoms with Crippen LogP contribution in [-0.4, -0.2) is 35.4 Å². The second-order valence-electron chi connectivity index (χ2n) is 9.43. The summed E-state index contributed by atoms with van der Waals surface area (Å²) in [5, 5.41) is 19.1. The quantitative estimate of drug-likeness (QED) is 0.107. The molecule has 0 saturated carbocycles. The molecular weight excluding hydrogens is 512 g/mol. The Balaban J connectivity index is 1.93. The van der Waals surface area contributed by atoms with E-state index in [0.29, 0.717) is 13.2 Å². The molecule has 8 heteroatoms. The first-order valence-corrected chi connectivity index (χ1v) is 13.9. The number of esters is 2. The zero-order chi connectivity index (χ0) is 28.7. The van der Waals surface area contributed by atoms with Crippen LogP contribution >= 0.6 is 0 Å². The highest BCUT2D eigenvalue weighted by molar-refractivity contribution is 6.00. The Bertz CT molecular complexity index is 1120. The molecule has 214 valence electrons. The minimum atomic E-state index is -0.691. The Morgan fingerprint density at radius 1 is 0.575 bits per heavy atom. The number of aromatic hydroxyl groups is 2. The number of carbonyl (C=O) groups is 2. The molecule has 0 spiro atoms. The highest BCUT2D eigenvalue weighted by Gasteiger charge is 2.24. The van der Waals surface area contributed by atoms with Crippen LogP contribution in [0.2, 0.25) is 0 Å². The monoisotopic (exact) mass is 550 g/mol. The normalized spacial score (nSPS) is 10.7. The number of rotatable bonds is 16. The fourth-order valence-corrected chi connectivity index (χ4v) is 3.89. The van der Waals surface area contributed by atoms with Gasteiger partial charge in [0.25, 0.3) is 0 Å². The van der Waals surface area contributed by atoms with E-state index in [9.17, 15) is 19.8 Å². The summed E-state index contributed by atoms with van der Waals surface area (Å²) in [6, 6.07) is 14.5. The lowest BCUT2D eigenvalue weighted by molar-refractivity contribution is 0.0712. The molecule has 0 amide bonds. The average Bonchev–Trinajstić information content (AvgIpc) is 2.95. The number of hydrogen-bond donors (Lipinski definition) is 2. The summed E-state index contributed by atoms with van der Waals surface area (Å²) in [4.78, 5) is 26.5. The zero-order valence-corrected chi connectivity index (χ0v) is 23.2. The SMILES string of the molecule is CCCCCCOc1cc(C(=O)Oc2ccc(O)cc2)c(OCCCCCC)cc1C(=O)Oc1ccc(O)cc1. The summed E-state index contributed by atoms with van der Waals surface area (Å²) < 4.78 is 23.1. The fraction of sp³-hybridized carbons (Fsp3) is 0.375. The third kappa shape index (κ3) is 9.52. The van der Waals surface area contributed by atoms with E-state index < -0.39 is 11.9 Å². The second-order valence-corrected chi connectivity index (χ2v) is 9.43. The number of ether oxygens (including phenoxy) is 4. The molecule has 2 N–H and O–H groups in total. The molecule has 0 bridgehead atoms. The zero-order valence-electron chi connectivity index (χ0n) is 23.2. The predicted molar refractivity (Wildman–Crippen MR) is 152 cm³/mol. The van der Waals surface area contributed by atoms with Crippen molar-refractivity contribution in [3.8, 4) is 34.5 Å². The van der Waals surface area contributed by atoms with Crippen LogP contribution in [-0.2, 0) is 0 Å². The topological polar surface area (TPSA) is 112 Å². The average molecular weight is 551 g/mol. The Labute approximate surface area is 235 Å². The summed E-state index contributed by atoms with van der Waals surface area (Å²) in [5.74, 6) is -0.444. The summed E-state index contributed by atoms with van der Waals surface area (Å²) >= 11 is 0. The first-order chi connectivity index (χ1) is 19.4. The first kappa shape index (κ1) is 30.3. The van der Waals surface area contributed by atoms with E-state index in [0.717, 1.165) is 51.4 Å². The van der Waals surface area contributed by atoms with Gasteiger partial charge in [0.05, 0.1) is 13.2 Å². The van der Waals surface area contributed by atoms with Gasteiger partial charge in [-0.25, -0.2) is 9.59 Å². The molecule has 8 nitrogen and oxygen atoms in total. The van der Waals surface area contributed by atoms with Crippen LogP contribution in [0, 0.1) is 0 Å². The van der Waals surface area contributed by atoms with Crippen LogP contribution in [0.5, 0.6) is 34.5 Å². The van der Waals surface area contributed by atoms with Crippen molar-refractivity contribution in [1.29, 1.82) is 0 Å². The smallest absolute Gasteiger partial charge is 0.347 e. The third-order valence-electron chi connectivity index (χ3n) is 6.13. The van der Waals surface area contributed by atoms with Crippen LogP contribution in [0.1, 0.15) is 85.9 Å². The van der Waals surface area contributed by atoms with E-state index in [1.165, 1.54) is 60.7 Å². The molecule has 3 aromatic rings. The molecule has 0 aliphatic rings. The molecule has 0 aromatic heterocycles. The van der Waals surface area contributed by atoms with Gasteiger partial charge in [0.15, 0.2) is 0 Å². The minimum Gasteiger partial charge on any atom is -0.508 e. The molecule has 3 aromatic carbocycles.